The predicted molar refractivity (Wildman–Crippen MR) is 83.5 cm³/mol. The van der Waals surface area contributed by atoms with Gasteiger partial charge in [-0.15, -0.1) is 16.4 Å². The van der Waals surface area contributed by atoms with E-state index < -0.39 is 9.84 Å². The minimum absolute atomic E-state index is 0.0128. The highest BCUT2D eigenvalue weighted by Gasteiger charge is 2.30. The summed E-state index contributed by atoms with van der Waals surface area (Å²) in [4.78, 5) is 3.18. The van der Waals surface area contributed by atoms with Crippen LogP contribution in [-0.2, 0) is 16.5 Å². The molecule has 3 rings (SSSR count). The molecule has 21 heavy (non-hydrogen) atoms. The van der Waals surface area contributed by atoms with Gasteiger partial charge in [-0.2, -0.15) is 0 Å². The second kappa shape index (κ2) is 5.64. The van der Waals surface area contributed by atoms with E-state index in [1.807, 2.05) is 29.5 Å². The van der Waals surface area contributed by atoms with Crippen LogP contribution in [0.1, 0.15) is 6.42 Å². The third kappa shape index (κ3) is 3.25. The van der Waals surface area contributed by atoms with Crippen molar-refractivity contribution in [2.75, 3.05) is 18.6 Å². The lowest BCUT2D eigenvalue weighted by atomic mass is 10.2. The Morgan fingerprint density at radius 2 is 2.43 bits per heavy atom. The van der Waals surface area contributed by atoms with Crippen molar-refractivity contribution in [3.63, 3.8) is 0 Å². The largest absolute Gasteiger partial charge is 0.408 e. The van der Waals surface area contributed by atoms with Crippen molar-refractivity contribution in [1.82, 2.24) is 14.7 Å². The Balaban J connectivity index is 1.75. The molecular weight excluding hydrogens is 330 g/mol. The van der Waals surface area contributed by atoms with E-state index in [-0.39, 0.29) is 17.5 Å². The van der Waals surface area contributed by atoms with Gasteiger partial charge in [-0.1, -0.05) is 6.07 Å². The van der Waals surface area contributed by atoms with Crippen LogP contribution in [0, 0.1) is 4.84 Å². The molecule has 6 nitrogen and oxygen atoms in total. The van der Waals surface area contributed by atoms with E-state index >= 15 is 0 Å². The summed E-state index contributed by atoms with van der Waals surface area (Å²) in [7, 11) is -1.01. The Hall–Kier alpha value is -1.03. The van der Waals surface area contributed by atoms with Gasteiger partial charge in [-0.05, 0) is 37.1 Å². The van der Waals surface area contributed by atoms with Gasteiger partial charge in [0.15, 0.2) is 9.84 Å². The molecule has 0 saturated carbocycles. The third-order valence-electron chi connectivity index (χ3n) is 3.53. The van der Waals surface area contributed by atoms with E-state index in [1.54, 1.807) is 4.68 Å². The number of hydrogen-bond acceptors (Lipinski definition) is 7. The summed E-state index contributed by atoms with van der Waals surface area (Å²) in [6, 6.07) is 3.86. The average molecular weight is 345 g/mol. The van der Waals surface area contributed by atoms with Crippen LogP contribution in [-0.4, -0.2) is 47.7 Å². The molecule has 0 aromatic carbocycles. The van der Waals surface area contributed by atoms with Crippen molar-refractivity contribution < 1.29 is 12.8 Å². The fourth-order valence-electron chi connectivity index (χ4n) is 2.35. The molecule has 0 bridgehead atoms. The maximum atomic E-state index is 11.5. The first-order valence-corrected chi connectivity index (χ1v) is 9.58. The van der Waals surface area contributed by atoms with Gasteiger partial charge in [0, 0.05) is 6.04 Å². The van der Waals surface area contributed by atoms with Gasteiger partial charge in [0.1, 0.15) is 0 Å². The molecule has 9 heteroatoms. The van der Waals surface area contributed by atoms with E-state index in [0.29, 0.717) is 23.8 Å². The molecule has 0 aliphatic carbocycles. The van der Waals surface area contributed by atoms with Gasteiger partial charge < -0.3 is 4.42 Å². The van der Waals surface area contributed by atoms with Crippen LogP contribution in [0.2, 0.25) is 0 Å². The third-order valence-corrected chi connectivity index (χ3v) is 6.43. The molecular formula is C12H15N3O3S3. The van der Waals surface area contributed by atoms with Crippen LogP contribution in [0.15, 0.2) is 21.9 Å². The van der Waals surface area contributed by atoms with Crippen molar-refractivity contribution in [2.45, 2.75) is 19.1 Å². The number of aromatic nitrogens is 2. The summed E-state index contributed by atoms with van der Waals surface area (Å²) >= 11 is 6.71. The molecule has 1 saturated heterocycles. The summed E-state index contributed by atoms with van der Waals surface area (Å²) in [6.45, 7) is 0.424. The van der Waals surface area contributed by atoms with Crippen LogP contribution in [0.25, 0.3) is 10.8 Å². The Morgan fingerprint density at radius 1 is 1.62 bits per heavy atom. The Labute approximate surface area is 131 Å². The van der Waals surface area contributed by atoms with Crippen LogP contribution >= 0.6 is 23.6 Å². The standard InChI is InChI=1S/C12H15N3O3S3/c1-14(9-4-6-21(16,17)7-9)8-15-12(19)18-11(13-15)10-3-2-5-20-10/h2-3,5,9H,4,6-8H2,1H3. The Morgan fingerprint density at radius 3 is 3.05 bits per heavy atom. The number of nitrogens with zero attached hydrogens (tertiary/aromatic N) is 3. The molecule has 1 atom stereocenters. The van der Waals surface area contributed by atoms with Gasteiger partial charge in [0.2, 0.25) is 0 Å². The number of sulfone groups is 1. The maximum Gasteiger partial charge on any atom is 0.288 e. The number of thiophene rings is 1. The highest BCUT2D eigenvalue weighted by molar-refractivity contribution is 7.91. The lowest BCUT2D eigenvalue weighted by Gasteiger charge is -2.22. The quantitative estimate of drug-likeness (QED) is 0.790. The SMILES string of the molecule is CN(Cn1nc(-c2cccs2)oc1=S)C1CCS(=O)(=O)C1. The van der Waals surface area contributed by atoms with E-state index in [1.165, 1.54) is 11.3 Å². The van der Waals surface area contributed by atoms with Gasteiger partial charge in [-0.25, -0.2) is 13.1 Å². The number of rotatable bonds is 4. The fraction of sp³-hybridized carbons (Fsp3) is 0.500. The van der Waals surface area contributed by atoms with Crippen molar-refractivity contribution in [3.05, 3.63) is 22.4 Å². The summed E-state index contributed by atoms with van der Waals surface area (Å²) in [6.07, 6.45) is 0.655. The van der Waals surface area contributed by atoms with Crippen LogP contribution in [0.3, 0.4) is 0 Å². The van der Waals surface area contributed by atoms with Gasteiger partial charge in [0.25, 0.3) is 10.7 Å². The van der Waals surface area contributed by atoms with Gasteiger partial charge in [0.05, 0.1) is 23.1 Å². The first kappa shape index (κ1) is 14.9. The molecule has 0 spiro atoms. The average Bonchev–Trinajstić information content (AvgIpc) is 3.10. The lowest BCUT2D eigenvalue weighted by molar-refractivity contribution is 0.194. The molecule has 2 aromatic rings. The minimum atomic E-state index is -2.89. The smallest absolute Gasteiger partial charge is 0.288 e. The number of hydrogen-bond donors (Lipinski definition) is 0. The second-order valence-corrected chi connectivity index (χ2v) is 8.63. The molecule has 0 radical (unpaired) electrons. The van der Waals surface area contributed by atoms with E-state index in [4.69, 9.17) is 16.6 Å². The normalized spacial score (nSPS) is 21.1. The van der Waals surface area contributed by atoms with E-state index in [2.05, 4.69) is 5.10 Å². The topological polar surface area (TPSA) is 68.3 Å². The summed E-state index contributed by atoms with van der Waals surface area (Å²) in [5.74, 6) is 0.960. The van der Waals surface area contributed by atoms with Crippen molar-refractivity contribution in [1.29, 1.82) is 0 Å². The van der Waals surface area contributed by atoms with Crippen LogP contribution < -0.4 is 0 Å². The molecule has 1 aliphatic rings. The zero-order valence-corrected chi connectivity index (χ0v) is 13.9. The highest BCUT2D eigenvalue weighted by atomic mass is 32.2. The second-order valence-electron chi connectivity index (χ2n) is 5.11. The molecule has 1 unspecified atom stereocenters. The van der Waals surface area contributed by atoms with Crippen molar-refractivity contribution in [2.24, 2.45) is 0 Å². The van der Waals surface area contributed by atoms with Gasteiger partial charge in [-0.3, -0.25) is 4.90 Å². The molecule has 3 heterocycles. The molecule has 1 aliphatic heterocycles. The summed E-state index contributed by atoms with van der Waals surface area (Å²) < 4.78 is 30.2. The minimum Gasteiger partial charge on any atom is -0.408 e. The Kier molecular flexibility index (Phi) is 4.00. The van der Waals surface area contributed by atoms with Crippen molar-refractivity contribution >= 4 is 33.4 Å². The zero-order valence-electron chi connectivity index (χ0n) is 11.4. The molecule has 0 amide bonds. The Bertz CT molecular complexity index is 776. The summed E-state index contributed by atoms with van der Waals surface area (Å²) in [5.41, 5.74) is 0. The lowest BCUT2D eigenvalue weighted by Crippen LogP contribution is -2.34. The van der Waals surface area contributed by atoms with Crippen LogP contribution in [0.5, 0.6) is 0 Å². The van der Waals surface area contributed by atoms with Crippen LogP contribution in [0.4, 0.5) is 0 Å². The monoisotopic (exact) mass is 345 g/mol. The molecule has 1 fully saturated rings. The van der Waals surface area contributed by atoms with Gasteiger partial charge >= 0.3 is 0 Å². The highest BCUT2D eigenvalue weighted by Crippen LogP contribution is 2.23. The fourth-order valence-corrected chi connectivity index (χ4v) is 4.97. The van der Waals surface area contributed by atoms with E-state index in [0.717, 1.165) is 4.88 Å². The first-order chi connectivity index (χ1) is 9.94. The molecule has 0 N–H and O–H groups in total. The summed E-state index contributed by atoms with van der Waals surface area (Å²) in [5, 5.41) is 6.31. The van der Waals surface area contributed by atoms with E-state index in [9.17, 15) is 8.42 Å². The first-order valence-electron chi connectivity index (χ1n) is 6.47. The zero-order chi connectivity index (χ0) is 15.0. The molecule has 2 aromatic heterocycles. The molecule has 114 valence electrons. The maximum absolute atomic E-state index is 11.5. The van der Waals surface area contributed by atoms with Crippen molar-refractivity contribution in [3.8, 4) is 10.8 Å². The predicted octanol–water partition coefficient (Wildman–Crippen LogP) is 2.01.